The summed E-state index contributed by atoms with van der Waals surface area (Å²) in [4.78, 5) is 38.9. The van der Waals surface area contributed by atoms with E-state index in [4.69, 9.17) is 16.3 Å². The molecule has 0 aromatic heterocycles. The van der Waals surface area contributed by atoms with Crippen molar-refractivity contribution in [2.75, 3.05) is 0 Å². The van der Waals surface area contributed by atoms with Gasteiger partial charge in [0.1, 0.15) is 0 Å². The summed E-state index contributed by atoms with van der Waals surface area (Å²) in [5, 5.41) is 0.712. The second-order valence-electron chi connectivity index (χ2n) is 8.62. The van der Waals surface area contributed by atoms with Crippen LogP contribution in [0.3, 0.4) is 0 Å². The number of benzene rings is 2. The predicted molar refractivity (Wildman–Crippen MR) is 119 cm³/mol. The Bertz CT molecular complexity index is 1060. The standard InChI is InChI=1S/C26H25ClO4/c1-15(2)26(30)31-25-22(23(28)20-5-3-4-6-21(20)24(25)29)18-9-7-16(8-10-18)17-11-13-19(27)14-12-17/h3-6,11-16,18H,7-10H2,1-2H3. The molecule has 2 aliphatic carbocycles. The number of rotatable bonds is 4. The zero-order valence-corrected chi connectivity index (χ0v) is 18.4. The van der Waals surface area contributed by atoms with Gasteiger partial charge in [0.25, 0.3) is 0 Å². The molecular formula is C26H25ClO4. The fourth-order valence-electron chi connectivity index (χ4n) is 4.51. The van der Waals surface area contributed by atoms with Crippen LogP contribution >= 0.6 is 11.6 Å². The molecule has 0 aliphatic heterocycles. The molecule has 160 valence electrons. The largest absolute Gasteiger partial charge is 0.422 e. The number of carbonyl (C=O) groups is 3. The van der Waals surface area contributed by atoms with Crippen LogP contribution in [0, 0.1) is 11.8 Å². The predicted octanol–water partition coefficient (Wildman–Crippen LogP) is 6.15. The Balaban J connectivity index is 1.64. The highest BCUT2D eigenvalue weighted by molar-refractivity contribution is 6.30. The van der Waals surface area contributed by atoms with Gasteiger partial charge in [0.2, 0.25) is 5.78 Å². The third-order valence-corrected chi connectivity index (χ3v) is 6.51. The quantitative estimate of drug-likeness (QED) is 0.539. The SMILES string of the molecule is CC(C)C(=O)OC1=C(C2CCC(c3ccc(Cl)cc3)CC2)C(=O)c2ccccc2C1=O. The Morgan fingerprint density at radius 3 is 2.00 bits per heavy atom. The second-order valence-corrected chi connectivity index (χ2v) is 9.06. The van der Waals surface area contributed by atoms with Crippen LogP contribution in [0.15, 0.2) is 59.9 Å². The van der Waals surface area contributed by atoms with Crippen molar-refractivity contribution >= 4 is 29.1 Å². The fourth-order valence-corrected chi connectivity index (χ4v) is 4.64. The number of ether oxygens (including phenoxy) is 1. The van der Waals surface area contributed by atoms with Gasteiger partial charge in [-0.1, -0.05) is 61.8 Å². The zero-order valence-electron chi connectivity index (χ0n) is 17.7. The topological polar surface area (TPSA) is 60.4 Å². The third-order valence-electron chi connectivity index (χ3n) is 6.26. The summed E-state index contributed by atoms with van der Waals surface area (Å²) in [5.41, 5.74) is 2.30. The maximum Gasteiger partial charge on any atom is 0.313 e. The highest BCUT2D eigenvalue weighted by Gasteiger charge is 2.39. The first-order valence-electron chi connectivity index (χ1n) is 10.8. The molecule has 4 rings (SSSR count). The minimum atomic E-state index is -0.497. The van der Waals surface area contributed by atoms with Gasteiger partial charge in [-0.3, -0.25) is 14.4 Å². The van der Waals surface area contributed by atoms with Crippen molar-refractivity contribution in [3.05, 3.63) is 81.6 Å². The summed E-state index contributed by atoms with van der Waals surface area (Å²) >= 11 is 6.01. The molecule has 0 N–H and O–H groups in total. The molecule has 0 bridgehead atoms. The Morgan fingerprint density at radius 1 is 0.871 bits per heavy atom. The Kier molecular flexibility index (Phi) is 6.10. The first kappa shape index (κ1) is 21.5. The molecule has 2 aromatic carbocycles. The highest BCUT2D eigenvalue weighted by Crippen LogP contribution is 2.42. The van der Waals surface area contributed by atoms with Crippen LogP contribution in [0.1, 0.15) is 71.7 Å². The van der Waals surface area contributed by atoms with Gasteiger partial charge in [0.15, 0.2) is 11.5 Å². The zero-order chi connectivity index (χ0) is 22.1. The molecule has 31 heavy (non-hydrogen) atoms. The molecule has 4 nitrogen and oxygen atoms in total. The fraction of sp³-hybridized carbons (Fsp3) is 0.346. The summed E-state index contributed by atoms with van der Waals surface area (Å²) in [6.45, 7) is 3.42. The minimum absolute atomic E-state index is 0.0719. The van der Waals surface area contributed by atoms with Crippen molar-refractivity contribution in [3.8, 4) is 0 Å². The molecule has 0 atom stereocenters. The van der Waals surface area contributed by atoms with E-state index >= 15 is 0 Å². The third kappa shape index (κ3) is 4.22. The smallest absolute Gasteiger partial charge is 0.313 e. The number of hydrogen-bond donors (Lipinski definition) is 0. The maximum absolute atomic E-state index is 13.4. The highest BCUT2D eigenvalue weighted by atomic mass is 35.5. The van der Waals surface area contributed by atoms with Gasteiger partial charge in [-0.05, 0) is 55.2 Å². The minimum Gasteiger partial charge on any atom is -0.422 e. The molecule has 0 radical (unpaired) electrons. The van der Waals surface area contributed by atoms with Crippen molar-refractivity contribution in [1.29, 1.82) is 0 Å². The van der Waals surface area contributed by atoms with Gasteiger partial charge in [-0.15, -0.1) is 0 Å². The van der Waals surface area contributed by atoms with Crippen molar-refractivity contribution in [1.82, 2.24) is 0 Å². The average Bonchev–Trinajstić information content (AvgIpc) is 2.78. The van der Waals surface area contributed by atoms with Crippen molar-refractivity contribution in [2.24, 2.45) is 11.8 Å². The molecule has 0 heterocycles. The number of hydrogen-bond acceptors (Lipinski definition) is 4. The normalized spacial score (nSPS) is 21.3. The van der Waals surface area contributed by atoms with E-state index < -0.39 is 11.9 Å². The molecule has 2 aliphatic rings. The van der Waals surface area contributed by atoms with E-state index in [1.807, 2.05) is 24.3 Å². The first-order valence-corrected chi connectivity index (χ1v) is 11.1. The van der Waals surface area contributed by atoms with Gasteiger partial charge < -0.3 is 4.74 Å². The monoisotopic (exact) mass is 436 g/mol. The lowest BCUT2D eigenvalue weighted by Crippen LogP contribution is -2.31. The molecule has 0 spiro atoms. The summed E-state index contributed by atoms with van der Waals surface area (Å²) < 4.78 is 5.54. The lowest BCUT2D eigenvalue weighted by atomic mass is 9.72. The number of carbonyl (C=O) groups excluding carboxylic acids is 3. The van der Waals surface area contributed by atoms with Crippen LogP contribution < -0.4 is 0 Å². The number of esters is 1. The van der Waals surface area contributed by atoms with E-state index in [1.54, 1.807) is 38.1 Å². The molecule has 5 heteroatoms. The van der Waals surface area contributed by atoms with E-state index in [0.29, 0.717) is 27.6 Å². The number of allylic oxidation sites excluding steroid dienone is 2. The van der Waals surface area contributed by atoms with Crippen molar-refractivity contribution in [3.63, 3.8) is 0 Å². The van der Waals surface area contributed by atoms with E-state index in [-0.39, 0.29) is 23.2 Å². The van der Waals surface area contributed by atoms with E-state index in [1.165, 1.54) is 5.56 Å². The lowest BCUT2D eigenvalue weighted by molar-refractivity contribution is -0.142. The van der Waals surface area contributed by atoms with Gasteiger partial charge in [-0.2, -0.15) is 0 Å². The molecular weight excluding hydrogens is 412 g/mol. The number of halogens is 1. The number of ketones is 2. The number of fused-ring (bicyclic) bond motifs is 1. The molecule has 1 saturated carbocycles. The van der Waals surface area contributed by atoms with Gasteiger partial charge in [-0.25, -0.2) is 0 Å². The second kappa shape index (κ2) is 8.80. The molecule has 2 aromatic rings. The van der Waals surface area contributed by atoms with Crippen molar-refractivity contribution < 1.29 is 19.1 Å². The Hall–Kier alpha value is -2.72. The van der Waals surface area contributed by atoms with E-state index in [0.717, 1.165) is 25.7 Å². The Labute approximate surface area is 187 Å². The molecule has 0 saturated heterocycles. The molecule has 0 amide bonds. The van der Waals surface area contributed by atoms with Crippen LogP contribution in [0.25, 0.3) is 0 Å². The summed E-state index contributed by atoms with van der Waals surface area (Å²) in [6, 6.07) is 14.7. The van der Waals surface area contributed by atoms with Gasteiger partial charge in [0.05, 0.1) is 11.5 Å². The number of Topliss-reactive ketones (excluding diaryl/α,β-unsaturated/α-hetero) is 2. The van der Waals surface area contributed by atoms with E-state index in [9.17, 15) is 14.4 Å². The summed E-state index contributed by atoms with van der Waals surface area (Å²) in [5.74, 6) is -1.26. The molecule has 0 unspecified atom stereocenters. The summed E-state index contributed by atoms with van der Waals surface area (Å²) in [6.07, 6.45) is 3.30. The van der Waals surface area contributed by atoms with Crippen LogP contribution in [0.4, 0.5) is 0 Å². The molecule has 1 fully saturated rings. The van der Waals surface area contributed by atoms with Gasteiger partial charge >= 0.3 is 5.97 Å². The summed E-state index contributed by atoms with van der Waals surface area (Å²) in [7, 11) is 0. The van der Waals surface area contributed by atoms with Gasteiger partial charge in [0, 0.05) is 16.1 Å². The van der Waals surface area contributed by atoms with Crippen LogP contribution in [-0.4, -0.2) is 17.5 Å². The van der Waals surface area contributed by atoms with Crippen LogP contribution in [-0.2, 0) is 9.53 Å². The van der Waals surface area contributed by atoms with Crippen LogP contribution in [0.5, 0.6) is 0 Å². The van der Waals surface area contributed by atoms with E-state index in [2.05, 4.69) is 0 Å². The van der Waals surface area contributed by atoms with Crippen molar-refractivity contribution in [2.45, 2.75) is 45.4 Å². The maximum atomic E-state index is 13.4. The Morgan fingerprint density at radius 2 is 1.42 bits per heavy atom. The van der Waals surface area contributed by atoms with Crippen LogP contribution in [0.2, 0.25) is 5.02 Å². The average molecular weight is 437 g/mol. The first-order chi connectivity index (χ1) is 14.9. The lowest BCUT2D eigenvalue weighted by Gasteiger charge is -2.32.